The van der Waals surface area contributed by atoms with Crippen molar-refractivity contribution >= 4 is 74.9 Å². The lowest BCUT2D eigenvalue weighted by Gasteiger charge is -2.53. The van der Waals surface area contributed by atoms with E-state index in [4.69, 9.17) is 0 Å². The predicted octanol–water partition coefficient (Wildman–Crippen LogP) is 20.2. The number of hydrogen-bond donors (Lipinski definition) is 0. The summed E-state index contributed by atoms with van der Waals surface area (Å²) in [6.07, 6.45) is 54.5. The summed E-state index contributed by atoms with van der Waals surface area (Å²) in [5.74, 6) is 3.01. The van der Waals surface area contributed by atoms with Gasteiger partial charge in [-0.05, 0) is 268 Å². The molecule has 0 radical (unpaired) electrons. The Kier molecular flexibility index (Phi) is 15.5. The lowest BCUT2D eigenvalue weighted by Crippen LogP contribution is -2.46. The van der Waals surface area contributed by atoms with Crippen LogP contribution in [0.5, 0.6) is 0 Å². The molecule has 11 heteroatoms. The van der Waals surface area contributed by atoms with E-state index in [2.05, 4.69) is 98.1 Å². The smallest absolute Gasteiger partial charge is 0.186 e. The Balaban J connectivity index is 0.0000000989. The normalized spacial score (nSPS) is 43.5. The maximum atomic E-state index is 13.2. The molecule has 0 aliphatic heterocycles. The van der Waals surface area contributed by atoms with Crippen LogP contribution >= 0.6 is 23.5 Å². The predicted molar refractivity (Wildman–Crippen MR) is 411 cm³/mol. The van der Waals surface area contributed by atoms with Crippen molar-refractivity contribution in [3.8, 4) is 0 Å². The van der Waals surface area contributed by atoms with Gasteiger partial charge in [0.2, 0.25) is 0 Å². The minimum Gasteiger partial charge on any atom is -0.299 e. The van der Waals surface area contributed by atoms with Crippen LogP contribution in [0.25, 0.3) is 0 Å². The van der Waals surface area contributed by atoms with Gasteiger partial charge in [-0.2, -0.15) is 11.8 Å². The van der Waals surface area contributed by atoms with Gasteiger partial charge in [0.25, 0.3) is 0 Å². The molecule has 5 saturated carbocycles. The molecule has 8 unspecified atom stereocenters. The fourth-order valence-corrected chi connectivity index (χ4v) is 30.1. The van der Waals surface area contributed by atoms with Crippen LogP contribution < -0.4 is 0 Å². The maximum Gasteiger partial charge on any atom is 0.186 e. The first-order valence-corrected chi connectivity index (χ1v) is 42.8. The lowest BCUT2D eigenvalue weighted by molar-refractivity contribution is -0.127. The summed E-state index contributed by atoms with van der Waals surface area (Å²) in [5.41, 5.74) is 22.1. The molecule has 0 amide bonds. The van der Waals surface area contributed by atoms with Gasteiger partial charge in [0.05, 0.1) is 21.7 Å². The second-order valence-corrected chi connectivity index (χ2v) is 41.1. The van der Waals surface area contributed by atoms with Gasteiger partial charge in [0, 0.05) is 90.5 Å². The highest BCUT2D eigenvalue weighted by atomic mass is 32.2. The molecule has 546 valence electrons. The Morgan fingerprint density at radius 1 is 0.385 bits per heavy atom. The molecule has 104 heavy (non-hydrogen) atoms. The van der Waals surface area contributed by atoms with Crippen molar-refractivity contribution < 1.29 is 43.2 Å². The van der Waals surface area contributed by atoms with Gasteiger partial charge < -0.3 is 0 Å². The van der Waals surface area contributed by atoms with Gasteiger partial charge >= 0.3 is 0 Å². The topological polar surface area (TPSA) is 154 Å². The molecule has 0 saturated heterocycles. The molecule has 21 aliphatic rings. The number of ketones is 8. The molecule has 21 aliphatic carbocycles. The SMILES string of the molecule is CC(=O)S[C@@H]1CC2=CC(=O)CCC2(C)C2=C1C1=CC[C@@]3(C)CCC(=O)C13CC2.CC12CCC(=O)C=C1C1(CC1)CC1=C2CCC23C(=O)CC[C@]2(C)CC=C13.CC12CCC(=O)C=C1C=CC1=C2CCC23C(=O)CC[C@]2(C)CC=C13.CS[C@@H]1CC2=CC(=O)CCC2(C)C2=C1C1=CC[C@@]3(C)CCC(=O)C13CC2. The summed E-state index contributed by atoms with van der Waals surface area (Å²) in [6, 6.07) is 0. The minimum absolute atomic E-state index is 0.0128. The molecular weight excluding hydrogens is 1330 g/mol. The zero-order valence-corrected chi connectivity index (χ0v) is 65.4. The van der Waals surface area contributed by atoms with E-state index >= 15 is 0 Å². The molecule has 21 rings (SSSR count). The number of carbonyl (C=O) groups excluding carboxylic acids is 9. The van der Waals surface area contributed by atoms with Crippen LogP contribution in [0.15, 0.2) is 150 Å². The van der Waals surface area contributed by atoms with Crippen molar-refractivity contribution in [3.63, 3.8) is 0 Å². The first-order chi connectivity index (χ1) is 49.3. The van der Waals surface area contributed by atoms with E-state index in [-0.39, 0.29) is 92.3 Å². The third-order valence-corrected chi connectivity index (χ3v) is 36.5. The molecular formula is C93H108O9S2. The van der Waals surface area contributed by atoms with Crippen molar-refractivity contribution in [1.82, 2.24) is 0 Å². The van der Waals surface area contributed by atoms with Crippen molar-refractivity contribution in [2.45, 2.75) is 285 Å². The van der Waals surface area contributed by atoms with Crippen LogP contribution in [0.4, 0.5) is 0 Å². The van der Waals surface area contributed by atoms with Gasteiger partial charge in [-0.15, -0.1) is 0 Å². The average molecular weight is 1430 g/mol. The highest BCUT2D eigenvalue weighted by Gasteiger charge is 2.70. The van der Waals surface area contributed by atoms with E-state index in [9.17, 15) is 43.2 Å². The highest BCUT2D eigenvalue weighted by Crippen LogP contribution is 2.77. The van der Waals surface area contributed by atoms with Gasteiger partial charge in [0.1, 0.15) is 23.1 Å². The summed E-state index contributed by atoms with van der Waals surface area (Å²) >= 11 is 3.30. The first kappa shape index (κ1) is 70.1. The van der Waals surface area contributed by atoms with Crippen molar-refractivity contribution in [1.29, 1.82) is 0 Å². The van der Waals surface area contributed by atoms with E-state index < -0.39 is 0 Å². The number of Topliss-reactive ketones (excluding diaryl/α,β-unsaturated/α-hetero) is 4. The first-order valence-electron chi connectivity index (χ1n) is 40.6. The van der Waals surface area contributed by atoms with Crippen LogP contribution in [0, 0.1) is 70.4 Å². The fourth-order valence-electron chi connectivity index (χ4n) is 28.2. The van der Waals surface area contributed by atoms with E-state index in [1.165, 1.54) is 97.1 Å². The number of fused-ring (bicyclic) bond motifs is 13. The van der Waals surface area contributed by atoms with Gasteiger partial charge in [-0.1, -0.05) is 143 Å². The summed E-state index contributed by atoms with van der Waals surface area (Å²) in [5, 5.41) is 0.549. The third kappa shape index (κ3) is 8.92. The van der Waals surface area contributed by atoms with Gasteiger partial charge in [-0.25, -0.2) is 0 Å². The Hall–Kier alpha value is -5.65. The molecule has 14 atom stereocenters. The molecule has 0 aromatic carbocycles. The van der Waals surface area contributed by atoms with Gasteiger partial charge in [-0.3, -0.25) is 43.2 Å². The van der Waals surface area contributed by atoms with Crippen molar-refractivity contribution in [3.05, 3.63) is 150 Å². The quantitative estimate of drug-likeness (QED) is 0.260. The number of allylic oxidation sites excluding steroid dienone is 24. The second-order valence-electron chi connectivity index (χ2n) is 38.7. The van der Waals surface area contributed by atoms with E-state index in [0.717, 1.165) is 167 Å². The number of carbonyl (C=O) groups is 9. The number of thioether (sulfide) groups is 2. The molecule has 0 bridgehead atoms. The Morgan fingerprint density at radius 3 is 1.26 bits per heavy atom. The Labute approximate surface area is 625 Å². The van der Waals surface area contributed by atoms with Crippen LogP contribution in [-0.2, 0) is 43.2 Å². The number of rotatable bonds is 2. The van der Waals surface area contributed by atoms with E-state index in [0.29, 0.717) is 72.1 Å². The minimum atomic E-state index is -0.330. The third-order valence-electron chi connectivity index (χ3n) is 34.6. The summed E-state index contributed by atoms with van der Waals surface area (Å²) in [4.78, 5) is 113. The number of hydrogen-bond acceptors (Lipinski definition) is 11. The largest absolute Gasteiger partial charge is 0.299 e. The van der Waals surface area contributed by atoms with Crippen LogP contribution in [0.3, 0.4) is 0 Å². The molecule has 5 fully saturated rings. The standard InChI is InChI=1S/C24H28O3S.C24H28O2.C23H28O2S.C22H24O2/c1-14(25)28-19-13-15-12-16(26)4-10-23(15,3)17-6-11-24-18(21(17)19)5-8-22(24,2)9-7-20(24)27;1-21-7-4-18-16-14-23(11-12-23)19-13-15(25)3-9-22(19,2)17(16)5-10-24(18,21)20(26)6-8-21;1-21-8-5-17-20-16(6-11-23(17,21)19(25)7-9-21)22(2)10-4-15(24)12-14(22)13-18(20)26-3;1-20-9-6-18-16-4-3-14-13-15(23)5-11-21(14,2)17(16)7-12-22(18,20)19(24)8-10-20/h5,12,19H,4,6-11,13H2,1-3H3;4,13H,3,5-12,14H2,1-2H3;5,12,18H,4,6-11,13H2,1-3H3;3-4,6,13H,5,7-12H2,1-2H3/t19-,22+,23?,24?;21-,22?,24?;18-,21+,22?,23?;20-,21?,22?/m1010/s1. The summed E-state index contributed by atoms with van der Waals surface area (Å²) < 4.78 is 0. The molecule has 0 heterocycles. The monoisotopic (exact) mass is 1430 g/mol. The van der Waals surface area contributed by atoms with E-state index in [1.54, 1.807) is 23.6 Å². The van der Waals surface area contributed by atoms with Crippen molar-refractivity contribution in [2.24, 2.45) is 70.4 Å². The fraction of sp³-hybridized carbons (Fsp3) is 0.624. The molecule has 0 aromatic heterocycles. The Morgan fingerprint density at radius 2 is 0.779 bits per heavy atom. The zero-order valence-electron chi connectivity index (χ0n) is 63.8. The molecule has 5 spiro atoms. The van der Waals surface area contributed by atoms with Crippen LogP contribution in [0.1, 0.15) is 274 Å². The average Bonchev–Trinajstić information content (AvgIpc) is 1.50. The zero-order chi connectivity index (χ0) is 72.9. The lowest BCUT2D eigenvalue weighted by atomic mass is 9.50. The Bertz CT molecular complexity index is 4600. The molecule has 0 N–H and O–H groups in total. The summed E-state index contributed by atoms with van der Waals surface area (Å²) in [6.45, 7) is 20.3. The highest BCUT2D eigenvalue weighted by molar-refractivity contribution is 8.14. The maximum absolute atomic E-state index is 13.2. The second kappa shape index (κ2) is 23.0. The molecule has 0 aromatic rings. The van der Waals surface area contributed by atoms with Crippen LogP contribution in [0.2, 0.25) is 0 Å². The van der Waals surface area contributed by atoms with Crippen LogP contribution in [-0.4, -0.2) is 68.1 Å². The van der Waals surface area contributed by atoms with E-state index in [1.807, 2.05) is 36.1 Å². The summed E-state index contributed by atoms with van der Waals surface area (Å²) in [7, 11) is 0. The molecule has 9 nitrogen and oxygen atoms in total. The van der Waals surface area contributed by atoms with Crippen molar-refractivity contribution in [2.75, 3.05) is 6.26 Å². The van der Waals surface area contributed by atoms with Gasteiger partial charge in [0.15, 0.2) is 28.2 Å².